The second-order valence-electron chi connectivity index (χ2n) is 8.65. The summed E-state index contributed by atoms with van der Waals surface area (Å²) in [5.74, 6) is 3.43. The minimum atomic E-state index is -1.34. The summed E-state index contributed by atoms with van der Waals surface area (Å²) < 4.78 is 1.15. The average molecular weight is 363 g/mol. The zero-order chi connectivity index (χ0) is 16.1. The first kappa shape index (κ1) is 16.8. The molecule has 2 rings (SSSR count). The first-order valence-electron chi connectivity index (χ1n) is 7.80. The van der Waals surface area contributed by atoms with Crippen molar-refractivity contribution in [3.05, 3.63) is 33.3 Å². The molecule has 21 heavy (non-hydrogen) atoms. The first-order chi connectivity index (χ1) is 9.42. The Morgan fingerprint density at radius 2 is 1.43 bits per heavy atom. The number of benzene rings is 1. The van der Waals surface area contributed by atoms with Gasteiger partial charge in [-0.25, -0.2) is 0 Å². The molecule has 1 aromatic rings. The lowest BCUT2D eigenvalue weighted by Crippen LogP contribution is -2.34. The highest BCUT2D eigenvalue weighted by Crippen LogP contribution is 2.47. The molecule has 0 bridgehead atoms. The third-order valence-corrected chi connectivity index (χ3v) is 6.04. The molecule has 0 aromatic heterocycles. The third-order valence-electron chi connectivity index (χ3n) is 4.51. The van der Waals surface area contributed by atoms with E-state index in [0.29, 0.717) is 0 Å². The Balaban J connectivity index is 2.62. The van der Waals surface area contributed by atoms with Crippen molar-refractivity contribution in [1.29, 1.82) is 0 Å². The maximum absolute atomic E-state index is 3.75. The molecule has 1 aromatic carbocycles. The summed E-state index contributed by atoms with van der Waals surface area (Å²) in [4.78, 5) is 0. The van der Waals surface area contributed by atoms with E-state index in [9.17, 15) is 0 Å². The fourth-order valence-corrected chi connectivity index (χ4v) is 3.89. The maximum Gasteiger partial charge on any atom is 0.129 e. The van der Waals surface area contributed by atoms with Crippen LogP contribution in [0.3, 0.4) is 0 Å². The lowest BCUT2D eigenvalue weighted by Gasteiger charge is -2.42. The number of halogens is 1. The van der Waals surface area contributed by atoms with E-state index in [-0.39, 0.29) is 10.8 Å². The van der Waals surface area contributed by atoms with Crippen molar-refractivity contribution >= 4 is 24.0 Å². The van der Waals surface area contributed by atoms with Gasteiger partial charge in [-0.1, -0.05) is 53.3 Å². The van der Waals surface area contributed by atoms with Gasteiger partial charge in [-0.2, -0.15) is 0 Å². The van der Waals surface area contributed by atoms with E-state index in [4.69, 9.17) is 0 Å². The fraction of sp³-hybridized carbons (Fsp3) is 0.579. The van der Waals surface area contributed by atoms with Gasteiger partial charge in [-0.05, 0) is 62.9 Å². The lowest BCUT2D eigenvalue weighted by atomic mass is 9.63. The van der Waals surface area contributed by atoms with Gasteiger partial charge in [0, 0.05) is 10.0 Å². The number of rotatable bonds is 0. The summed E-state index contributed by atoms with van der Waals surface area (Å²) in [6.45, 7) is 16.3. The molecule has 0 spiro atoms. The highest BCUT2D eigenvalue weighted by atomic mass is 79.9. The van der Waals surface area contributed by atoms with Crippen LogP contribution < -0.4 is 0 Å². The molecule has 0 nitrogen and oxygen atoms in total. The molecule has 0 fully saturated rings. The highest BCUT2D eigenvalue weighted by Gasteiger charge is 2.37. The second kappa shape index (κ2) is 5.28. The molecule has 0 amide bonds. The Bertz CT molecular complexity index is 621. The van der Waals surface area contributed by atoms with Crippen LogP contribution in [-0.4, -0.2) is 8.07 Å². The summed E-state index contributed by atoms with van der Waals surface area (Å²) in [6.07, 6.45) is 2.49. The monoisotopic (exact) mass is 362 g/mol. The largest absolute Gasteiger partial charge is 0.129 e. The van der Waals surface area contributed by atoms with Crippen molar-refractivity contribution in [2.75, 3.05) is 0 Å². The molecule has 0 saturated heterocycles. The third kappa shape index (κ3) is 3.63. The quantitative estimate of drug-likeness (QED) is 0.390. The summed E-state index contributed by atoms with van der Waals surface area (Å²) in [5.41, 5.74) is 8.14. The average Bonchev–Trinajstić information content (AvgIpc) is 2.32. The van der Waals surface area contributed by atoms with Crippen molar-refractivity contribution in [3.8, 4) is 11.5 Å². The topological polar surface area (TPSA) is 0 Å². The fourth-order valence-electron chi connectivity index (χ4n) is 2.94. The van der Waals surface area contributed by atoms with Gasteiger partial charge in [0.15, 0.2) is 0 Å². The molecule has 0 unspecified atom stereocenters. The predicted molar refractivity (Wildman–Crippen MR) is 99.7 cm³/mol. The highest BCUT2D eigenvalue weighted by molar-refractivity contribution is 9.10. The Morgan fingerprint density at radius 3 is 1.90 bits per heavy atom. The van der Waals surface area contributed by atoms with Crippen LogP contribution >= 0.6 is 15.9 Å². The SMILES string of the molecule is CC1(C)CCC(C)(C)c2cc(C#C[Si](C)(C)C)c(Br)cc21. The molecule has 1 aliphatic rings. The Kier molecular flexibility index (Phi) is 4.24. The van der Waals surface area contributed by atoms with Crippen LogP contribution in [-0.2, 0) is 10.8 Å². The zero-order valence-electron chi connectivity index (χ0n) is 14.4. The number of hydrogen-bond donors (Lipinski definition) is 0. The molecule has 0 atom stereocenters. The first-order valence-corrected chi connectivity index (χ1v) is 12.1. The lowest BCUT2D eigenvalue weighted by molar-refractivity contribution is 0.331. The van der Waals surface area contributed by atoms with E-state index in [1.54, 1.807) is 0 Å². The van der Waals surface area contributed by atoms with E-state index in [2.05, 4.69) is 86.9 Å². The predicted octanol–water partition coefficient (Wildman–Crippen LogP) is 6.03. The summed E-state index contributed by atoms with van der Waals surface area (Å²) in [6, 6.07) is 4.66. The van der Waals surface area contributed by atoms with Gasteiger partial charge in [0.05, 0.1) is 0 Å². The summed E-state index contributed by atoms with van der Waals surface area (Å²) in [7, 11) is -1.34. The molecule has 114 valence electrons. The number of hydrogen-bond acceptors (Lipinski definition) is 0. The molecular weight excluding hydrogens is 336 g/mol. The van der Waals surface area contributed by atoms with Crippen LogP contribution in [0.4, 0.5) is 0 Å². The summed E-state index contributed by atoms with van der Waals surface area (Å²) in [5, 5.41) is 0. The van der Waals surface area contributed by atoms with Crippen LogP contribution in [0.15, 0.2) is 16.6 Å². The Morgan fingerprint density at radius 1 is 0.952 bits per heavy atom. The van der Waals surface area contributed by atoms with Crippen LogP contribution in [0.2, 0.25) is 19.6 Å². The zero-order valence-corrected chi connectivity index (χ0v) is 17.0. The van der Waals surface area contributed by atoms with Gasteiger partial charge in [0.25, 0.3) is 0 Å². The van der Waals surface area contributed by atoms with E-state index >= 15 is 0 Å². The van der Waals surface area contributed by atoms with Crippen molar-refractivity contribution in [2.24, 2.45) is 0 Å². The van der Waals surface area contributed by atoms with Crippen LogP contribution in [0.1, 0.15) is 57.2 Å². The van der Waals surface area contributed by atoms with E-state index in [1.807, 2.05) is 0 Å². The molecule has 0 aliphatic heterocycles. The molecule has 0 radical (unpaired) electrons. The van der Waals surface area contributed by atoms with E-state index in [0.717, 1.165) is 10.0 Å². The summed E-state index contributed by atoms with van der Waals surface area (Å²) >= 11 is 3.75. The van der Waals surface area contributed by atoms with Gasteiger partial charge in [0.2, 0.25) is 0 Å². The van der Waals surface area contributed by atoms with Crippen LogP contribution in [0.5, 0.6) is 0 Å². The maximum atomic E-state index is 3.75. The van der Waals surface area contributed by atoms with Gasteiger partial charge in [-0.3, -0.25) is 0 Å². The van der Waals surface area contributed by atoms with Gasteiger partial charge in [-0.15, -0.1) is 5.54 Å². The normalized spacial score (nSPS) is 19.4. The molecule has 1 aliphatic carbocycles. The van der Waals surface area contributed by atoms with Crippen molar-refractivity contribution in [3.63, 3.8) is 0 Å². The minimum Gasteiger partial charge on any atom is -0.127 e. The second-order valence-corrected chi connectivity index (χ2v) is 14.2. The Hall–Kier alpha value is -0.523. The van der Waals surface area contributed by atoms with Crippen molar-refractivity contribution < 1.29 is 0 Å². The van der Waals surface area contributed by atoms with E-state index in [1.165, 1.54) is 24.0 Å². The van der Waals surface area contributed by atoms with Gasteiger partial charge in [0.1, 0.15) is 8.07 Å². The molecule has 0 N–H and O–H groups in total. The van der Waals surface area contributed by atoms with Gasteiger partial charge < -0.3 is 0 Å². The minimum absolute atomic E-state index is 0.251. The molecule has 0 heterocycles. The Labute approximate surface area is 139 Å². The molecular formula is C19H27BrSi. The molecule has 2 heteroatoms. The van der Waals surface area contributed by atoms with Crippen molar-refractivity contribution in [2.45, 2.75) is 71.0 Å². The van der Waals surface area contributed by atoms with Crippen molar-refractivity contribution in [1.82, 2.24) is 0 Å². The van der Waals surface area contributed by atoms with E-state index < -0.39 is 8.07 Å². The number of fused-ring (bicyclic) bond motifs is 1. The standard InChI is InChI=1S/C19H27BrSi/c1-18(2)9-10-19(3,4)16-13-17(20)14(12-15(16)18)8-11-21(5,6)7/h12-13H,9-10H2,1-7H3. The van der Waals surface area contributed by atoms with Gasteiger partial charge >= 0.3 is 0 Å². The smallest absolute Gasteiger partial charge is 0.127 e. The van der Waals surface area contributed by atoms with Crippen LogP contribution in [0, 0.1) is 11.5 Å². The van der Waals surface area contributed by atoms with Crippen LogP contribution in [0.25, 0.3) is 0 Å². The molecule has 0 saturated carbocycles.